The van der Waals surface area contributed by atoms with Gasteiger partial charge in [-0.25, -0.2) is 0 Å². The summed E-state index contributed by atoms with van der Waals surface area (Å²) < 4.78 is 7.90. The minimum Gasteiger partial charge on any atom is -0.542 e. The number of hydrogen-bond donors (Lipinski definition) is 1. The first-order valence-electron chi connectivity index (χ1n) is 8.42. The third kappa shape index (κ3) is 2.52. The van der Waals surface area contributed by atoms with Crippen molar-refractivity contribution >= 4 is 29.9 Å². The molecule has 1 aromatic rings. The molecule has 0 aromatic heterocycles. The van der Waals surface area contributed by atoms with E-state index in [4.69, 9.17) is 10.2 Å². The van der Waals surface area contributed by atoms with E-state index in [0.717, 1.165) is 28.8 Å². The van der Waals surface area contributed by atoms with Crippen LogP contribution in [-0.2, 0) is 12.8 Å². The van der Waals surface area contributed by atoms with Crippen LogP contribution in [0.1, 0.15) is 58.2 Å². The molecule has 0 bridgehead atoms. The van der Waals surface area contributed by atoms with Gasteiger partial charge in [-0.05, 0) is 69.0 Å². The van der Waals surface area contributed by atoms with Gasteiger partial charge in [0.1, 0.15) is 5.75 Å². The van der Waals surface area contributed by atoms with Crippen LogP contribution in [0.25, 0.3) is 0 Å². The van der Waals surface area contributed by atoms with Gasteiger partial charge in [-0.3, -0.25) is 0 Å². The van der Waals surface area contributed by atoms with Gasteiger partial charge in [-0.15, -0.1) is 0 Å². The molecule has 0 saturated carbocycles. The molecular formula is C18H30BrNOSi. The van der Waals surface area contributed by atoms with Gasteiger partial charge in [0.25, 0.3) is 8.32 Å². The Labute approximate surface area is 145 Å². The SMILES string of the molecule is Cc1c(N)c(Br)c(O[Si](C(C)C)(C(C)C)C(C)C)c2c1CC2. The highest BCUT2D eigenvalue weighted by Gasteiger charge is 2.48. The molecule has 0 heterocycles. The first kappa shape index (κ1) is 17.9. The number of nitrogens with two attached hydrogens (primary N) is 1. The van der Waals surface area contributed by atoms with Crippen LogP contribution >= 0.6 is 15.9 Å². The molecule has 0 radical (unpaired) electrons. The Morgan fingerprint density at radius 1 is 0.955 bits per heavy atom. The van der Waals surface area contributed by atoms with Crippen molar-refractivity contribution in [2.24, 2.45) is 0 Å². The van der Waals surface area contributed by atoms with Crippen LogP contribution in [0.4, 0.5) is 5.69 Å². The van der Waals surface area contributed by atoms with Crippen LogP contribution in [0.15, 0.2) is 4.47 Å². The Bertz CT molecular complexity index is 542. The zero-order valence-corrected chi connectivity index (χ0v) is 17.6. The van der Waals surface area contributed by atoms with Crippen molar-refractivity contribution in [1.82, 2.24) is 0 Å². The highest BCUT2D eigenvalue weighted by Crippen LogP contribution is 2.50. The van der Waals surface area contributed by atoms with Gasteiger partial charge in [-0.2, -0.15) is 0 Å². The molecule has 1 aromatic carbocycles. The molecule has 0 fully saturated rings. The van der Waals surface area contributed by atoms with Crippen LogP contribution in [0.3, 0.4) is 0 Å². The van der Waals surface area contributed by atoms with E-state index in [1.54, 1.807) is 0 Å². The van der Waals surface area contributed by atoms with E-state index in [0.29, 0.717) is 16.6 Å². The maximum atomic E-state index is 6.93. The topological polar surface area (TPSA) is 35.2 Å². The van der Waals surface area contributed by atoms with Gasteiger partial charge in [0.15, 0.2) is 0 Å². The maximum Gasteiger partial charge on any atom is 0.258 e. The summed E-state index contributed by atoms with van der Waals surface area (Å²) in [6, 6.07) is 0. The molecule has 0 atom stereocenters. The molecule has 0 spiro atoms. The lowest BCUT2D eigenvalue weighted by Gasteiger charge is -2.44. The molecule has 2 N–H and O–H groups in total. The fourth-order valence-electron chi connectivity index (χ4n) is 4.26. The predicted octanol–water partition coefficient (Wildman–Crippen LogP) is 5.99. The van der Waals surface area contributed by atoms with E-state index in [2.05, 4.69) is 64.4 Å². The molecule has 0 unspecified atom stereocenters. The summed E-state index contributed by atoms with van der Waals surface area (Å²) in [5.41, 5.74) is 12.9. The van der Waals surface area contributed by atoms with Crippen molar-refractivity contribution in [3.05, 3.63) is 21.2 Å². The van der Waals surface area contributed by atoms with E-state index < -0.39 is 8.32 Å². The van der Waals surface area contributed by atoms with E-state index in [1.165, 1.54) is 16.7 Å². The predicted molar refractivity (Wildman–Crippen MR) is 102 cm³/mol. The van der Waals surface area contributed by atoms with Gasteiger partial charge >= 0.3 is 0 Å². The van der Waals surface area contributed by atoms with Crippen LogP contribution in [0, 0.1) is 6.92 Å². The Morgan fingerprint density at radius 2 is 1.41 bits per heavy atom. The van der Waals surface area contributed by atoms with Crippen LogP contribution in [0.5, 0.6) is 5.75 Å². The third-order valence-electron chi connectivity index (χ3n) is 5.54. The summed E-state index contributed by atoms with van der Waals surface area (Å²) >= 11 is 3.72. The summed E-state index contributed by atoms with van der Waals surface area (Å²) in [5.74, 6) is 1.05. The third-order valence-corrected chi connectivity index (χ3v) is 12.3. The minimum atomic E-state index is -1.95. The number of hydrogen-bond acceptors (Lipinski definition) is 2. The summed E-state index contributed by atoms with van der Waals surface area (Å²) in [6.45, 7) is 16.1. The number of anilines is 1. The van der Waals surface area contributed by atoms with Gasteiger partial charge in [-0.1, -0.05) is 41.5 Å². The molecule has 124 valence electrons. The van der Waals surface area contributed by atoms with E-state index in [9.17, 15) is 0 Å². The maximum absolute atomic E-state index is 6.93. The molecule has 1 aliphatic rings. The van der Waals surface area contributed by atoms with E-state index in [-0.39, 0.29) is 0 Å². The van der Waals surface area contributed by atoms with E-state index in [1.807, 2.05) is 0 Å². The average molecular weight is 384 g/mol. The zero-order valence-electron chi connectivity index (χ0n) is 15.0. The summed E-state index contributed by atoms with van der Waals surface area (Å²) in [5, 5.41) is 0. The quantitative estimate of drug-likeness (QED) is 0.500. The molecule has 22 heavy (non-hydrogen) atoms. The second kappa shape index (κ2) is 6.20. The highest BCUT2D eigenvalue weighted by atomic mass is 79.9. The van der Waals surface area contributed by atoms with Gasteiger partial charge in [0.05, 0.1) is 10.2 Å². The van der Waals surface area contributed by atoms with Crippen molar-refractivity contribution in [3.8, 4) is 5.75 Å². The van der Waals surface area contributed by atoms with Crippen LogP contribution in [-0.4, -0.2) is 8.32 Å². The first-order chi connectivity index (χ1) is 10.1. The normalized spacial score (nSPS) is 14.5. The number of benzene rings is 1. The Hall–Kier alpha value is -0.483. The van der Waals surface area contributed by atoms with Crippen molar-refractivity contribution in [2.45, 2.75) is 77.9 Å². The van der Waals surface area contributed by atoms with Crippen molar-refractivity contribution < 1.29 is 4.43 Å². The number of fused-ring (bicyclic) bond motifs is 1. The molecule has 1 aliphatic carbocycles. The van der Waals surface area contributed by atoms with Crippen molar-refractivity contribution in [1.29, 1.82) is 0 Å². The minimum absolute atomic E-state index is 0.567. The lowest BCUT2D eigenvalue weighted by Crippen LogP contribution is -2.51. The van der Waals surface area contributed by atoms with Crippen molar-refractivity contribution in [3.63, 3.8) is 0 Å². The molecule has 0 saturated heterocycles. The second-order valence-corrected chi connectivity index (χ2v) is 13.7. The van der Waals surface area contributed by atoms with Crippen LogP contribution < -0.4 is 10.2 Å². The average Bonchev–Trinajstić information content (AvgIpc) is 2.37. The van der Waals surface area contributed by atoms with Gasteiger partial charge in [0.2, 0.25) is 0 Å². The number of nitrogen functional groups attached to an aromatic ring is 1. The molecule has 2 rings (SSSR count). The lowest BCUT2D eigenvalue weighted by molar-refractivity contribution is 0.467. The van der Waals surface area contributed by atoms with Gasteiger partial charge < -0.3 is 10.2 Å². The largest absolute Gasteiger partial charge is 0.542 e. The zero-order chi connectivity index (χ0) is 16.8. The fourth-order valence-corrected chi connectivity index (χ4v) is 10.3. The fraction of sp³-hybridized carbons (Fsp3) is 0.667. The highest BCUT2D eigenvalue weighted by molar-refractivity contribution is 9.10. The molecule has 4 heteroatoms. The number of rotatable bonds is 5. The standard InChI is InChI=1S/C18H30BrNOSi/c1-10(2)22(11(3)4,12(5)6)21-18-15-9-8-14(15)13(7)17(20)16(18)19/h10-12H,8-9,20H2,1-7H3. The lowest BCUT2D eigenvalue weighted by atomic mass is 9.83. The summed E-state index contributed by atoms with van der Waals surface area (Å²) in [6.07, 6.45) is 2.25. The first-order valence-corrected chi connectivity index (χ1v) is 11.4. The van der Waals surface area contributed by atoms with E-state index >= 15 is 0 Å². The molecular weight excluding hydrogens is 354 g/mol. The molecule has 0 amide bonds. The van der Waals surface area contributed by atoms with Gasteiger partial charge in [0, 0.05) is 0 Å². The monoisotopic (exact) mass is 383 g/mol. The van der Waals surface area contributed by atoms with Crippen molar-refractivity contribution in [2.75, 3.05) is 5.73 Å². The number of halogens is 1. The second-order valence-electron chi connectivity index (χ2n) is 7.56. The smallest absolute Gasteiger partial charge is 0.258 e. The summed E-state index contributed by atoms with van der Waals surface area (Å²) in [7, 11) is -1.95. The summed E-state index contributed by atoms with van der Waals surface area (Å²) in [4.78, 5) is 0. The Morgan fingerprint density at radius 3 is 1.77 bits per heavy atom. The molecule has 2 nitrogen and oxygen atoms in total. The Balaban J connectivity index is 2.58. The van der Waals surface area contributed by atoms with Crippen LogP contribution in [0.2, 0.25) is 16.6 Å². The molecule has 0 aliphatic heterocycles. The Kier molecular flexibility index (Phi) is 5.03.